The van der Waals surface area contributed by atoms with E-state index in [1.54, 1.807) is 0 Å². The summed E-state index contributed by atoms with van der Waals surface area (Å²) in [5.41, 5.74) is 8.64. The highest BCUT2D eigenvalue weighted by atomic mass is 14.8. The van der Waals surface area contributed by atoms with Crippen LogP contribution >= 0.6 is 0 Å². The Morgan fingerprint density at radius 3 is 2.71 bits per heavy atom. The van der Waals surface area contributed by atoms with Crippen molar-refractivity contribution in [3.8, 4) is 0 Å². The summed E-state index contributed by atoms with van der Waals surface area (Å²) >= 11 is 0. The topological polar surface area (TPSA) is 38.9 Å². The number of nitrogens with zero attached hydrogens (tertiary/aromatic N) is 1. The van der Waals surface area contributed by atoms with Gasteiger partial charge in [-0.05, 0) is 36.4 Å². The van der Waals surface area contributed by atoms with Crippen molar-refractivity contribution in [2.45, 2.75) is 26.7 Å². The van der Waals surface area contributed by atoms with Gasteiger partial charge in [0.15, 0.2) is 0 Å². The molecule has 14 heavy (non-hydrogen) atoms. The summed E-state index contributed by atoms with van der Waals surface area (Å²) in [6, 6.07) is 4.12. The Morgan fingerprint density at radius 2 is 2.21 bits per heavy atom. The van der Waals surface area contributed by atoms with E-state index in [9.17, 15) is 0 Å². The fourth-order valence-electron chi connectivity index (χ4n) is 2.55. The number of aryl methyl sites for hydroxylation is 1. The van der Waals surface area contributed by atoms with Gasteiger partial charge < -0.3 is 5.73 Å². The molecular weight excluding hydrogens is 172 g/mol. The largest absolute Gasteiger partial charge is 0.330 e. The molecule has 0 spiro atoms. The Kier molecular flexibility index (Phi) is 2.11. The van der Waals surface area contributed by atoms with Crippen LogP contribution in [0.3, 0.4) is 0 Å². The lowest BCUT2D eigenvalue weighted by atomic mass is 10.0. The van der Waals surface area contributed by atoms with Crippen LogP contribution < -0.4 is 5.73 Å². The van der Waals surface area contributed by atoms with E-state index >= 15 is 0 Å². The fourth-order valence-corrected chi connectivity index (χ4v) is 2.55. The molecule has 2 N–H and O–H groups in total. The third kappa shape index (κ3) is 1.25. The standard InChI is InChI=1S/C12H18N2/c1-8-5-4-6-14-11(8)10-9(7-13)12(10,2)3/h4-6,9-10H,7,13H2,1-3H3. The van der Waals surface area contributed by atoms with Gasteiger partial charge in [0.1, 0.15) is 0 Å². The van der Waals surface area contributed by atoms with Crippen LogP contribution in [0.15, 0.2) is 18.3 Å². The second-order valence-electron chi connectivity index (χ2n) is 4.85. The maximum Gasteiger partial charge on any atom is 0.0472 e. The number of hydrogen-bond donors (Lipinski definition) is 1. The van der Waals surface area contributed by atoms with E-state index in [1.807, 2.05) is 12.3 Å². The van der Waals surface area contributed by atoms with Crippen molar-refractivity contribution in [1.29, 1.82) is 0 Å². The molecule has 1 aromatic rings. The lowest BCUT2D eigenvalue weighted by Crippen LogP contribution is -2.05. The molecule has 1 saturated carbocycles. The SMILES string of the molecule is Cc1cccnc1C1C(CN)C1(C)C. The summed E-state index contributed by atoms with van der Waals surface area (Å²) in [4.78, 5) is 4.48. The Hall–Kier alpha value is -0.890. The van der Waals surface area contributed by atoms with Crippen molar-refractivity contribution in [2.24, 2.45) is 17.1 Å². The van der Waals surface area contributed by atoms with Crippen LogP contribution in [0.1, 0.15) is 31.0 Å². The summed E-state index contributed by atoms with van der Waals surface area (Å²) in [6.45, 7) is 7.46. The number of aromatic nitrogens is 1. The molecule has 0 amide bonds. The fraction of sp³-hybridized carbons (Fsp3) is 0.583. The molecule has 2 nitrogen and oxygen atoms in total. The van der Waals surface area contributed by atoms with Crippen LogP contribution in [0.5, 0.6) is 0 Å². The maximum atomic E-state index is 5.76. The molecule has 0 aromatic carbocycles. The zero-order valence-corrected chi connectivity index (χ0v) is 9.12. The van der Waals surface area contributed by atoms with Gasteiger partial charge in [-0.25, -0.2) is 0 Å². The molecule has 1 fully saturated rings. The van der Waals surface area contributed by atoms with Crippen molar-refractivity contribution < 1.29 is 0 Å². The molecule has 76 valence electrons. The number of rotatable bonds is 2. The van der Waals surface area contributed by atoms with Crippen molar-refractivity contribution in [3.05, 3.63) is 29.6 Å². The molecule has 0 aliphatic heterocycles. The summed E-state index contributed by atoms with van der Waals surface area (Å²) in [7, 11) is 0. The van der Waals surface area contributed by atoms with E-state index in [2.05, 4.69) is 31.8 Å². The summed E-state index contributed by atoms with van der Waals surface area (Å²) < 4.78 is 0. The van der Waals surface area contributed by atoms with E-state index in [1.165, 1.54) is 11.3 Å². The van der Waals surface area contributed by atoms with Crippen LogP contribution in [0.4, 0.5) is 0 Å². The predicted molar refractivity (Wildman–Crippen MR) is 58.0 cm³/mol. The number of hydrogen-bond acceptors (Lipinski definition) is 2. The van der Waals surface area contributed by atoms with Crippen molar-refractivity contribution in [3.63, 3.8) is 0 Å². The van der Waals surface area contributed by atoms with Crippen LogP contribution in [0, 0.1) is 18.3 Å². The molecular formula is C12H18N2. The third-order valence-electron chi connectivity index (χ3n) is 3.65. The normalized spacial score (nSPS) is 28.9. The van der Waals surface area contributed by atoms with Crippen LogP contribution in [-0.4, -0.2) is 11.5 Å². The molecule has 0 saturated heterocycles. The van der Waals surface area contributed by atoms with Gasteiger partial charge >= 0.3 is 0 Å². The molecule has 2 unspecified atom stereocenters. The van der Waals surface area contributed by atoms with Gasteiger partial charge in [0.2, 0.25) is 0 Å². The van der Waals surface area contributed by atoms with E-state index in [0.717, 1.165) is 6.54 Å². The van der Waals surface area contributed by atoms with E-state index in [-0.39, 0.29) is 0 Å². The van der Waals surface area contributed by atoms with Crippen molar-refractivity contribution in [1.82, 2.24) is 4.98 Å². The van der Waals surface area contributed by atoms with Gasteiger partial charge in [0, 0.05) is 17.8 Å². The van der Waals surface area contributed by atoms with E-state index in [4.69, 9.17) is 5.73 Å². The summed E-state index contributed by atoms with van der Waals surface area (Å²) in [5, 5.41) is 0. The zero-order chi connectivity index (χ0) is 10.3. The van der Waals surface area contributed by atoms with Gasteiger partial charge in [0.05, 0.1) is 0 Å². The molecule has 0 bridgehead atoms. The molecule has 2 rings (SSSR count). The quantitative estimate of drug-likeness (QED) is 0.775. The number of pyridine rings is 1. The Balaban J connectivity index is 2.31. The first-order valence-corrected chi connectivity index (χ1v) is 5.20. The van der Waals surface area contributed by atoms with Crippen LogP contribution in [-0.2, 0) is 0 Å². The lowest BCUT2D eigenvalue weighted by Gasteiger charge is -2.04. The van der Waals surface area contributed by atoms with Gasteiger partial charge in [-0.15, -0.1) is 0 Å². The highest BCUT2D eigenvalue weighted by Gasteiger charge is 2.58. The summed E-state index contributed by atoms with van der Waals surface area (Å²) in [5.74, 6) is 1.17. The first-order chi connectivity index (χ1) is 6.59. The van der Waals surface area contributed by atoms with E-state index < -0.39 is 0 Å². The Morgan fingerprint density at radius 1 is 1.50 bits per heavy atom. The average Bonchev–Trinajstić information content (AvgIpc) is 2.69. The first-order valence-electron chi connectivity index (χ1n) is 5.20. The molecule has 2 heteroatoms. The van der Waals surface area contributed by atoms with Crippen LogP contribution in [0.2, 0.25) is 0 Å². The second kappa shape index (κ2) is 3.06. The average molecular weight is 190 g/mol. The smallest absolute Gasteiger partial charge is 0.0472 e. The molecule has 1 aliphatic carbocycles. The highest BCUT2D eigenvalue weighted by molar-refractivity contribution is 5.32. The highest BCUT2D eigenvalue weighted by Crippen LogP contribution is 2.63. The van der Waals surface area contributed by atoms with Gasteiger partial charge in [-0.2, -0.15) is 0 Å². The van der Waals surface area contributed by atoms with Crippen molar-refractivity contribution in [2.75, 3.05) is 6.54 Å². The second-order valence-corrected chi connectivity index (χ2v) is 4.85. The Labute approximate surface area is 85.5 Å². The predicted octanol–water partition coefficient (Wildman–Crippen LogP) is 2.09. The zero-order valence-electron chi connectivity index (χ0n) is 9.12. The minimum Gasteiger partial charge on any atom is -0.330 e. The molecule has 0 radical (unpaired) electrons. The molecule has 1 heterocycles. The van der Waals surface area contributed by atoms with Gasteiger partial charge in [-0.3, -0.25) is 4.98 Å². The van der Waals surface area contributed by atoms with E-state index in [0.29, 0.717) is 17.3 Å². The molecule has 1 aliphatic rings. The summed E-state index contributed by atoms with van der Waals surface area (Å²) in [6.07, 6.45) is 1.88. The molecule has 1 aromatic heterocycles. The van der Waals surface area contributed by atoms with Gasteiger partial charge in [-0.1, -0.05) is 19.9 Å². The maximum absolute atomic E-state index is 5.76. The number of nitrogens with two attached hydrogens (primary N) is 1. The first kappa shape index (κ1) is 9.66. The van der Waals surface area contributed by atoms with Gasteiger partial charge in [0.25, 0.3) is 0 Å². The lowest BCUT2D eigenvalue weighted by molar-refractivity contribution is 0.557. The van der Waals surface area contributed by atoms with Crippen molar-refractivity contribution >= 4 is 0 Å². The minimum atomic E-state index is 0.341. The Bertz CT molecular complexity index is 344. The third-order valence-corrected chi connectivity index (χ3v) is 3.65. The monoisotopic (exact) mass is 190 g/mol. The minimum absolute atomic E-state index is 0.341. The molecule has 2 atom stereocenters. The van der Waals surface area contributed by atoms with Crippen LogP contribution in [0.25, 0.3) is 0 Å².